The van der Waals surface area contributed by atoms with Crippen molar-refractivity contribution in [2.24, 2.45) is 0 Å². The molecule has 0 fully saturated rings. The van der Waals surface area contributed by atoms with Crippen molar-refractivity contribution in [2.75, 3.05) is 13.2 Å². The molecule has 0 aliphatic carbocycles. The third kappa shape index (κ3) is 69.5. The Morgan fingerprint density at radius 2 is 0.470 bits per heavy atom. The first kappa shape index (κ1) is 79.8. The molecule has 0 heterocycles. The quantitative estimate of drug-likeness (QED) is 0.0261. The maximum Gasteiger partial charge on any atom is 0.306 e. The van der Waals surface area contributed by atoms with Crippen molar-refractivity contribution < 1.29 is 28.6 Å². The van der Waals surface area contributed by atoms with E-state index in [1.54, 1.807) is 0 Å². The van der Waals surface area contributed by atoms with Crippen molar-refractivity contribution >= 4 is 17.9 Å². The number of hydrogen-bond acceptors (Lipinski definition) is 6. The number of rotatable bonds is 67. The Hall–Kier alpha value is -3.15. The van der Waals surface area contributed by atoms with E-state index in [1.165, 1.54) is 257 Å². The summed E-state index contributed by atoms with van der Waals surface area (Å²) >= 11 is 0. The van der Waals surface area contributed by atoms with Gasteiger partial charge in [-0.05, 0) is 57.8 Å². The van der Waals surface area contributed by atoms with E-state index in [4.69, 9.17) is 14.2 Å². The Balaban J connectivity index is 4.38. The highest BCUT2D eigenvalue weighted by Gasteiger charge is 2.19. The van der Waals surface area contributed by atoms with Gasteiger partial charge < -0.3 is 14.2 Å². The van der Waals surface area contributed by atoms with Crippen LogP contribution >= 0.6 is 0 Å². The second-order valence-electron chi connectivity index (χ2n) is 24.5. The molecule has 1 atom stereocenters. The summed E-state index contributed by atoms with van der Waals surface area (Å²) in [5.41, 5.74) is 0. The van der Waals surface area contributed by atoms with E-state index >= 15 is 0 Å². The van der Waals surface area contributed by atoms with Crippen LogP contribution < -0.4 is 0 Å². The van der Waals surface area contributed by atoms with Gasteiger partial charge in [0.05, 0.1) is 0 Å². The van der Waals surface area contributed by atoms with Gasteiger partial charge in [0.25, 0.3) is 0 Å². The van der Waals surface area contributed by atoms with Crippen molar-refractivity contribution in [1.82, 2.24) is 0 Å². The Kier molecular flexibility index (Phi) is 68.6. The highest BCUT2D eigenvalue weighted by atomic mass is 16.6. The maximum atomic E-state index is 13.0. The molecule has 0 radical (unpaired) electrons. The van der Waals surface area contributed by atoms with Crippen LogP contribution in [0.4, 0.5) is 0 Å². The molecule has 0 aliphatic rings. The first-order valence-electron chi connectivity index (χ1n) is 36.4. The lowest BCUT2D eigenvalue weighted by Crippen LogP contribution is -2.30. The van der Waals surface area contributed by atoms with Gasteiger partial charge in [0.1, 0.15) is 13.2 Å². The predicted molar refractivity (Wildman–Crippen MR) is 362 cm³/mol. The minimum atomic E-state index is -0.805. The van der Waals surface area contributed by atoms with Crippen LogP contribution in [0.15, 0.2) is 72.9 Å². The molecule has 482 valence electrons. The number of hydrogen-bond donors (Lipinski definition) is 0. The molecular weight excluding hydrogens is 1020 g/mol. The lowest BCUT2D eigenvalue weighted by Gasteiger charge is -2.18. The molecule has 0 saturated heterocycles. The minimum absolute atomic E-state index is 0.0935. The van der Waals surface area contributed by atoms with Gasteiger partial charge in [-0.15, -0.1) is 0 Å². The van der Waals surface area contributed by atoms with Crippen molar-refractivity contribution in [3.8, 4) is 0 Å². The van der Waals surface area contributed by atoms with Crippen LogP contribution in [0.1, 0.15) is 380 Å². The summed E-state index contributed by atoms with van der Waals surface area (Å²) in [6.07, 6.45) is 93.8. The zero-order chi connectivity index (χ0) is 59.9. The van der Waals surface area contributed by atoms with Gasteiger partial charge >= 0.3 is 17.9 Å². The fraction of sp³-hybridized carbons (Fsp3) is 0.805. The molecule has 0 aromatic carbocycles. The number of carbonyl (C=O) groups excluding carboxylic acids is 3. The predicted octanol–water partition coefficient (Wildman–Crippen LogP) is 25.2. The van der Waals surface area contributed by atoms with Gasteiger partial charge in [0.2, 0.25) is 0 Å². The lowest BCUT2D eigenvalue weighted by atomic mass is 10.0. The van der Waals surface area contributed by atoms with Crippen LogP contribution in [0, 0.1) is 0 Å². The van der Waals surface area contributed by atoms with Gasteiger partial charge in [0, 0.05) is 19.3 Å². The van der Waals surface area contributed by atoms with Crippen molar-refractivity contribution in [3.05, 3.63) is 72.9 Å². The van der Waals surface area contributed by atoms with Gasteiger partial charge in [-0.2, -0.15) is 0 Å². The number of ether oxygens (including phenoxy) is 3. The third-order valence-electron chi connectivity index (χ3n) is 16.2. The van der Waals surface area contributed by atoms with Crippen LogP contribution in [-0.2, 0) is 28.6 Å². The fourth-order valence-corrected chi connectivity index (χ4v) is 10.8. The summed E-state index contributed by atoms with van der Waals surface area (Å²) in [6.45, 7) is 6.54. The molecule has 0 amide bonds. The molecule has 6 heteroatoms. The normalized spacial score (nSPS) is 12.5. The lowest BCUT2D eigenvalue weighted by molar-refractivity contribution is -0.166. The Morgan fingerprint density at radius 1 is 0.253 bits per heavy atom. The molecule has 0 spiro atoms. The van der Waals surface area contributed by atoms with Gasteiger partial charge in [-0.1, -0.05) is 376 Å². The number of esters is 3. The molecule has 1 unspecified atom stereocenters. The number of carbonyl (C=O) groups is 3. The van der Waals surface area contributed by atoms with E-state index in [-0.39, 0.29) is 37.5 Å². The second-order valence-corrected chi connectivity index (χ2v) is 24.5. The monoisotopic (exact) mass is 1160 g/mol. The SMILES string of the molecule is CC/C=C\C/C=C\C/C=C\C/C=C\C/C=C\C/C=C\CCC(=O)OCC(COC(=O)CCCCCCCCCCCCCCCCCCCCCCCCCC)OC(=O)CCCCCCCCCCCCCCCCCCCCCCCC. The molecule has 83 heavy (non-hydrogen) atoms. The average Bonchev–Trinajstić information content (AvgIpc) is 3.49. The van der Waals surface area contributed by atoms with Crippen LogP contribution in [0.5, 0.6) is 0 Å². The zero-order valence-corrected chi connectivity index (χ0v) is 55.5. The average molecular weight is 1160 g/mol. The number of allylic oxidation sites excluding steroid dienone is 12. The molecule has 0 N–H and O–H groups in total. The van der Waals surface area contributed by atoms with Gasteiger partial charge in [-0.25, -0.2) is 0 Å². The summed E-state index contributed by atoms with van der Waals surface area (Å²) in [5, 5.41) is 0. The van der Waals surface area contributed by atoms with Crippen LogP contribution in [0.3, 0.4) is 0 Å². The maximum absolute atomic E-state index is 13.0. The van der Waals surface area contributed by atoms with E-state index in [0.717, 1.165) is 77.0 Å². The smallest absolute Gasteiger partial charge is 0.306 e. The van der Waals surface area contributed by atoms with E-state index in [1.807, 2.05) is 6.08 Å². The molecule has 0 aromatic heterocycles. The van der Waals surface area contributed by atoms with Crippen molar-refractivity contribution in [2.45, 2.75) is 386 Å². The highest BCUT2D eigenvalue weighted by molar-refractivity contribution is 5.71. The molecular formula is C77H138O6. The first-order chi connectivity index (χ1) is 41.0. The molecule has 0 bridgehead atoms. The van der Waals surface area contributed by atoms with Gasteiger partial charge in [0.15, 0.2) is 6.10 Å². The fourth-order valence-electron chi connectivity index (χ4n) is 10.8. The van der Waals surface area contributed by atoms with Crippen LogP contribution in [0.2, 0.25) is 0 Å². The first-order valence-corrected chi connectivity index (χ1v) is 36.4. The summed E-state index contributed by atoms with van der Waals surface area (Å²) in [5.74, 6) is -0.955. The second kappa shape index (κ2) is 71.3. The Morgan fingerprint density at radius 3 is 0.735 bits per heavy atom. The summed E-state index contributed by atoms with van der Waals surface area (Å²) < 4.78 is 16.9. The van der Waals surface area contributed by atoms with E-state index in [9.17, 15) is 14.4 Å². The molecule has 0 aliphatic heterocycles. The van der Waals surface area contributed by atoms with E-state index in [2.05, 4.69) is 87.6 Å². The minimum Gasteiger partial charge on any atom is -0.462 e. The van der Waals surface area contributed by atoms with Crippen LogP contribution in [0.25, 0.3) is 0 Å². The Labute approximate surface area is 516 Å². The van der Waals surface area contributed by atoms with E-state index in [0.29, 0.717) is 19.3 Å². The topological polar surface area (TPSA) is 78.9 Å². The molecule has 0 saturated carbocycles. The Bertz CT molecular complexity index is 1520. The molecule has 6 nitrogen and oxygen atoms in total. The highest BCUT2D eigenvalue weighted by Crippen LogP contribution is 2.19. The van der Waals surface area contributed by atoms with Gasteiger partial charge in [-0.3, -0.25) is 14.4 Å². The van der Waals surface area contributed by atoms with Crippen molar-refractivity contribution in [3.63, 3.8) is 0 Å². The third-order valence-corrected chi connectivity index (χ3v) is 16.2. The number of unbranched alkanes of at least 4 members (excludes halogenated alkanes) is 44. The molecule has 0 aromatic rings. The van der Waals surface area contributed by atoms with Crippen LogP contribution in [-0.4, -0.2) is 37.2 Å². The summed E-state index contributed by atoms with van der Waals surface area (Å²) in [6, 6.07) is 0. The largest absolute Gasteiger partial charge is 0.462 e. The standard InChI is InChI=1S/C77H138O6/c1-4-7-10-13-16-19-22-25-28-31-34-36-38-39-41-43-46-49-52-55-58-61-64-67-70-76(79)82-73-74(72-81-75(78)69-66-63-60-57-54-51-48-45-42-33-30-27-24-21-18-15-12-9-6-3)83-77(80)71-68-65-62-59-56-53-50-47-44-40-37-35-32-29-26-23-20-17-14-11-8-5-2/h9,12,18,21,27,30,42,45,51,54,60,63,74H,4-8,10-11,13-17,19-20,22-26,28-29,31-41,43-44,46-50,52-53,55-59,61-62,64-73H2,1-3H3/b12-9-,21-18-,30-27-,45-42-,54-51-,63-60-. The summed E-state index contributed by atoms with van der Waals surface area (Å²) in [7, 11) is 0. The zero-order valence-electron chi connectivity index (χ0n) is 55.5. The summed E-state index contributed by atoms with van der Waals surface area (Å²) in [4.78, 5) is 38.5. The molecule has 0 rings (SSSR count). The van der Waals surface area contributed by atoms with Crippen molar-refractivity contribution in [1.29, 1.82) is 0 Å². The van der Waals surface area contributed by atoms with E-state index < -0.39 is 6.10 Å².